The van der Waals surface area contributed by atoms with Gasteiger partial charge in [0.05, 0.1) is 27.7 Å². The van der Waals surface area contributed by atoms with Gasteiger partial charge < -0.3 is 23.6 Å². The molecule has 2 heterocycles. The number of phenols is 2. The lowest BCUT2D eigenvalue weighted by atomic mass is 10.0. The normalized spacial score (nSPS) is 12.6. The van der Waals surface area contributed by atoms with Crippen LogP contribution in [0.3, 0.4) is 0 Å². The Hall–Kier alpha value is -3.75. The quantitative estimate of drug-likeness (QED) is 0.0670. The number of H-pyrrole nitrogens is 1. The van der Waals surface area contributed by atoms with Crippen molar-refractivity contribution in [1.82, 2.24) is 9.55 Å². The lowest BCUT2D eigenvalue weighted by Gasteiger charge is -2.15. The van der Waals surface area contributed by atoms with Gasteiger partial charge in [-0.1, -0.05) is 53.0 Å². The van der Waals surface area contributed by atoms with Crippen molar-refractivity contribution in [3.8, 4) is 28.7 Å². The highest BCUT2D eigenvalue weighted by Crippen LogP contribution is 2.44. The number of aromatic nitrogens is 2. The van der Waals surface area contributed by atoms with E-state index in [1.54, 1.807) is 0 Å². The van der Waals surface area contributed by atoms with E-state index in [1.165, 1.54) is 0 Å². The summed E-state index contributed by atoms with van der Waals surface area (Å²) in [5, 5.41) is 19.6. The fourth-order valence-electron chi connectivity index (χ4n) is 3.90. The van der Waals surface area contributed by atoms with Crippen molar-refractivity contribution in [2.24, 2.45) is 0 Å². The van der Waals surface area contributed by atoms with E-state index in [4.69, 9.17) is 46.4 Å². The molecule has 0 aliphatic rings. The number of aromatic amines is 1. The average Bonchev–Trinajstić information content (AvgIpc) is 3.40. The van der Waals surface area contributed by atoms with Crippen LogP contribution in [0.25, 0.3) is 11.3 Å². The SMILES string of the molecule is C=C(c1ccc(OS(=O)(=O)C(F)(F)F)cc1O)c1[nH]c(Cl)c(Cl)c1-n1c(C(=O)c2ccc(OS(=O)(=O)C(F)(F)F)cc2O)cc(Cl)c1Cl. The number of alkyl halides is 6. The molecule has 23 heteroatoms. The van der Waals surface area contributed by atoms with E-state index >= 15 is 0 Å². The van der Waals surface area contributed by atoms with Gasteiger partial charge in [-0.3, -0.25) is 9.36 Å². The summed E-state index contributed by atoms with van der Waals surface area (Å²) in [6.07, 6.45) is 0. The monoisotopic (exact) mass is 802 g/mol. The molecule has 0 spiro atoms. The summed E-state index contributed by atoms with van der Waals surface area (Å²) in [4.78, 5) is 16.2. The maximum absolute atomic E-state index is 13.6. The van der Waals surface area contributed by atoms with E-state index in [2.05, 4.69) is 19.9 Å². The molecule has 4 aromatic rings. The van der Waals surface area contributed by atoms with Crippen LogP contribution in [0.5, 0.6) is 23.0 Å². The lowest BCUT2D eigenvalue weighted by molar-refractivity contribution is -0.0504. The van der Waals surface area contributed by atoms with Crippen LogP contribution in [0, 0.1) is 0 Å². The second-order valence-corrected chi connectivity index (χ2v) is 13.7. The summed E-state index contributed by atoms with van der Waals surface area (Å²) in [6, 6.07) is 4.96. The maximum atomic E-state index is 13.6. The van der Waals surface area contributed by atoms with Crippen molar-refractivity contribution in [2.45, 2.75) is 11.0 Å². The number of phenolic OH excluding ortho intramolecular Hbond substituents is 2. The maximum Gasteiger partial charge on any atom is 0.534 e. The predicted octanol–water partition coefficient (Wildman–Crippen LogP) is 7.58. The predicted molar refractivity (Wildman–Crippen MR) is 159 cm³/mol. The van der Waals surface area contributed by atoms with Crippen molar-refractivity contribution < 1.29 is 66.6 Å². The summed E-state index contributed by atoms with van der Waals surface area (Å²) in [6.45, 7) is 3.77. The van der Waals surface area contributed by atoms with E-state index in [-0.39, 0.29) is 37.7 Å². The number of carbonyl (C=O) groups is 1. The Labute approximate surface area is 284 Å². The topological polar surface area (TPSA) is 165 Å². The third-order valence-electron chi connectivity index (χ3n) is 6.01. The van der Waals surface area contributed by atoms with Crippen LogP contribution in [-0.2, 0) is 20.2 Å². The van der Waals surface area contributed by atoms with Crippen LogP contribution in [0.2, 0.25) is 20.4 Å². The summed E-state index contributed by atoms with van der Waals surface area (Å²) >= 11 is 25.2. The van der Waals surface area contributed by atoms with Gasteiger partial charge in [-0.25, -0.2) is 0 Å². The zero-order valence-corrected chi connectivity index (χ0v) is 27.2. The van der Waals surface area contributed by atoms with Crippen molar-refractivity contribution in [2.75, 3.05) is 0 Å². The smallest absolute Gasteiger partial charge is 0.507 e. The molecule has 0 saturated carbocycles. The highest BCUT2D eigenvalue weighted by molar-refractivity contribution is 7.88. The summed E-state index contributed by atoms with van der Waals surface area (Å²) < 4.78 is 130. The standard InChI is InChI=1S/C25H12Cl4F6N2O9S2/c1-9(12-4-2-10(6-16(12)38)45-47(41,42)24(30,31)32)19-20(18(27)22(28)36-19)37-15(8-14(26)23(37)29)21(40)13-5-3-11(7-17(13)39)46-48(43,44)25(33,34)35/h2-8,36,38-39H,1H2. The van der Waals surface area contributed by atoms with E-state index in [0.29, 0.717) is 18.2 Å². The Morgan fingerprint density at radius 3 is 1.69 bits per heavy atom. The molecule has 258 valence electrons. The third-order valence-corrected chi connectivity index (χ3v) is 9.48. The fourth-order valence-corrected chi connectivity index (χ4v) is 5.63. The average molecular weight is 804 g/mol. The van der Waals surface area contributed by atoms with Crippen LogP contribution >= 0.6 is 46.4 Å². The van der Waals surface area contributed by atoms with Gasteiger partial charge >= 0.3 is 31.3 Å². The van der Waals surface area contributed by atoms with E-state index in [9.17, 15) is 58.2 Å². The Morgan fingerprint density at radius 1 is 0.792 bits per heavy atom. The molecular formula is C25H12Cl4F6N2O9S2. The second-order valence-electron chi connectivity index (χ2n) is 9.11. The van der Waals surface area contributed by atoms with Crippen LogP contribution < -0.4 is 8.37 Å². The summed E-state index contributed by atoms with van der Waals surface area (Å²) in [7, 11) is -12.2. The molecule has 4 rings (SSSR count). The van der Waals surface area contributed by atoms with Gasteiger partial charge in [0.25, 0.3) is 0 Å². The Balaban J connectivity index is 1.79. The molecule has 0 aliphatic heterocycles. The second kappa shape index (κ2) is 12.6. The third kappa shape index (κ3) is 6.88. The number of hydrogen-bond acceptors (Lipinski definition) is 9. The molecule has 2 aromatic carbocycles. The fraction of sp³-hybridized carbons (Fsp3) is 0.0800. The van der Waals surface area contributed by atoms with Gasteiger partial charge in [-0.05, 0) is 30.3 Å². The minimum atomic E-state index is -6.13. The van der Waals surface area contributed by atoms with Crippen molar-refractivity contribution >= 4 is 78.0 Å². The molecule has 0 saturated heterocycles. The number of carbonyl (C=O) groups excluding carboxylic acids is 1. The van der Waals surface area contributed by atoms with Gasteiger partial charge in [0.15, 0.2) is 0 Å². The number of aromatic hydroxyl groups is 2. The van der Waals surface area contributed by atoms with Crippen LogP contribution in [0.4, 0.5) is 26.3 Å². The van der Waals surface area contributed by atoms with Gasteiger partial charge in [0, 0.05) is 23.3 Å². The van der Waals surface area contributed by atoms with Crippen LogP contribution in [-0.4, -0.2) is 53.4 Å². The molecular weight excluding hydrogens is 792 g/mol. The number of halogens is 10. The molecule has 0 fully saturated rings. The number of nitrogens with one attached hydrogen (secondary N) is 1. The molecule has 11 nitrogen and oxygen atoms in total. The van der Waals surface area contributed by atoms with Crippen molar-refractivity contribution in [3.05, 3.63) is 91.9 Å². The van der Waals surface area contributed by atoms with E-state index < -0.39 is 76.4 Å². The van der Waals surface area contributed by atoms with Crippen molar-refractivity contribution in [3.63, 3.8) is 0 Å². The molecule has 48 heavy (non-hydrogen) atoms. The first kappa shape index (κ1) is 37.1. The van der Waals surface area contributed by atoms with E-state index in [1.807, 2.05) is 0 Å². The number of benzene rings is 2. The lowest BCUT2D eigenvalue weighted by Crippen LogP contribution is -2.28. The molecule has 0 amide bonds. The Bertz CT molecular complexity index is 2060. The van der Waals surface area contributed by atoms with E-state index in [0.717, 1.165) is 28.8 Å². The van der Waals surface area contributed by atoms with Crippen LogP contribution in [0.15, 0.2) is 49.0 Å². The largest absolute Gasteiger partial charge is 0.534 e. The first-order valence-electron chi connectivity index (χ1n) is 11.9. The number of ketones is 1. The Kier molecular flexibility index (Phi) is 9.74. The zero-order valence-electron chi connectivity index (χ0n) is 22.5. The molecule has 3 N–H and O–H groups in total. The first-order valence-corrected chi connectivity index (χ1v) is 16.3. The number of rotatable bonds is 9. The molecule has 0 aliphatic carbocycles. The highest BCUT2D eigenvalue weighted by atomic mass is 35.5. The molecule has 0 bridgehead atoms. The van der Waals surface area contributed by atoms with Crippen LogP contribution in [0.1, 0.15) is 27.3 Å². The first-order chi connectivity index (χ1) is 21.9. The number of nitrogens with zero attached hydrogens (tertiary/aromatic N) is 1. The molecule has 0 unspecified atom stereocenters. The highest BCUT2D eigenvalue weighted by Gasteiger charge is 2.49. The van der Waals surface area contributed by atoms with Gasteiger partial charge in [0.2, 0.25) is 5.78 Å². The molecule has 0 radical (unpaired) electrons. The minimum Gasteiger partial charge on any atom is -0.507 e. The molecule has 0 atom stereocenters. The molecule has 2 aromatic heterocycles. The minimum absolute atomic E-state index is 0.203. The van der Waals surface area contributed by atoms with Crippen molar-refractivity contribution in [1.29, 1.82) is 0 Å². The summed E-state index contributed by atoms with van der Waals surface area (Å²) in [5.41, 5.74) is -13.6. The zero-order chi connectivity index (χ0) is 36.3. The number of hydrogen-bond donors (Lipinski definition) is 3. The van der Waals surface area contributed by atoms with Gasteiger partial charge in [-0.2, -0.15) is 43.2 Å². The Morgan fingerprint density at radius 2 is 1.25 bits per heavy atom. The van der Waals surface area contributed by atoms with Gasteiger partial charge in [0.1, 0.15) is 38.3 Å². The van der Waals surface area contributed by atoms with Gasteiger partial charge in [-0.15, -0.1) is 0 Å². The summed E-state index contributed by atoms with van der Waals surface area (Å²) in [5.74, 6) is -4.94.